The van der Waals surface area contributed by atoms with Crippen LogP contribution in [0.4, 0.5) is 0 Å². The van der Waals surface area contributed by atoms with Crippen LogP contribution in [0.3, 0.4) is 0 Å². The van der Waals surface area contributed by atoms with Crippen LogP contribution in [0.2, 0.25) is 0 Å². The summed E-state index contributed by atoms with van der Waals surface area (Å²) in [6.07, 6.45) is 2.47. The van der Waals surface area contributed by atoms with E-state index < -0.39 is 15.8 Å². The van der Waals surface area contributed by atoms with Gasteiger partial charge >= 0.3 is 0 Å². The van der Waals surface area contributed by atoms with Gasteiger partial charge in [-0.05, 0) is 98.7 Å². The summed E-state index contributed by atoms with van der Waals surface area (Å²) < 4.78 is 0. The van der Waals surface area contributed by atoms with Crippen molar-refractivity contribution in [3.8, 4) is 11.1 Å². The van der Waals surface area contributed by atoms with Crippen LogP contribution in [0.15, 0.2) is 182 Å². The Bertz CT molecular complexity index is 2430. The molecule has 1 aliphatic carbocycles. The Hall–Kier alpha value is -5.19. The summed E-state index contributed by atoms with van der Waals surface area (Å²) >= 11 is 0. The average molecular weight is 691 g/mol. The van der Waals surface area contributed by atoms with Gasteiger partial charge in [-0.3, -0.25) is 4.79 Å². The van der Waals surface area contributed by atoms with Crippen molar-refractivity contribution >= 4 is 75.0 Å². The molecular weight excluding hydrogens is 654 g/mol. The highest BCUT2D eigenvalue weighted by molar-refractivity contribution is 7.80. The second-order valence-electron chi connectivity index (χ2n) is 13.1. The zero-order valence-electron chi connectivity index (χ0n) is 28.2. The molecule has 0 saturated heterocycles. The number of fused-ring (bicyclic) bond motifs is 4. The molecule has 0 atom stereocenters. The number of carbonyl (C=O) groups is 1. The third-order valence-corrected chi connectivity index (χ3v) is 15.1. The molecule has 0 heterocycles. The van der Waals surface area contributed by atoms with Crippen LogP contribution in [0, 0.1) is 0 Å². The molecule has 0 radical (unpaired) electrons. The summed E-state index contributed by atoms with van der Waals surface area (Å²) in [5, 5.41) is 12.6. The molecule has 0 aromatic heterocycles. The summed E-state index contributed by atoms with van der Waals surface area (Å²) in [5.74, 6) is 0.267. The van der Waals surface area contributed by atoms with E-state index in [4.69, 9.17) is 0 Å². The molecule has 0 spiro atoms. The Balaban J connectivity index is 1.46. The van der Waals surface area contributed by atoms with Gasteiger partial charge in [0.2, 0.25) is 0 Å². The minimum atomic E-state index is -0.959. The molecule has 1 aliphatic rings. The lowest BCUT2D eigenvalue weighted by atomic mass is 9.84. The highest BCUT2D eigenvalue weighted by Gasteiger charge is 2.30. The van der Waals surface area contributed by atoms with E-state index in [0.717, 1.165) is 29.2 Å². The minimum Gasteiger partial charge on any atom is -0.294 e. The predicted molar refractivity (Wildman–Crippen MR) is 222 cm³/mol. The molecule has 0 aliphatic heterocycles. The van der Waals surface area contributed by atoms with E-state index in [1.54, 1.807) is 0 Å². The van der Waals surface area contributed by atoms with Crippen molar-refractivity contribution in [3.63, 3.8) is 0 Å². The van der Waals surface area contributed by atoms with Gasteiger partial charge in [-0.2, -0.15) is 0 Å². The molecule has 0 amide bonds. The Kier molecular flexibility index (Phi) is 8.63. The number of hydrogen-bond donors (Lipinski definition) is 0. The van der Waals surface area contributed by atoms with Gasteiger partial charge in [-0.15, -0.1) is 0 Å². The number of hydrogen-bond acceptors (Lipinski definition) is 1. The summed E-state index contributed by atoms with van der Waals surface area (Å²) in [5.41, 5.74) is 4.62. The summed E-state index contributed by atoms with van der Waals surface area (Å²) in [6, 6.07) is 66.8. The van der Waals surface area contributed by atoms with Crippen LogP contribution in [-0.4, -0.2) is 5.78 Å². The van der Waals surface area contributed by atoms with Crippen molar-refractivity contribution in [2.45, 2.75) is 19.3 Å². The van der Waals surface area contributed by atoms with E-state index >= 15 is 0 Å². The lowest BCUT2D eigenvalue weighted by Gasteiger charge is -2.29. The van der Waals surface area contributed by atoms with Crippen LogP contribution in [0.5, 0.6) is 0 Å². The molecule has 244 valence electrons. The van der Waals surface area contributed by atoms with E-state index in [1.807, 2.05) is 0 Å². The number of ketones is 1. The minimum absolute atomic E-state index is 0.267. The molecule has 0 bridgehead atoms. The van der Waals surface area contributed by atoms with E-state index in [1.165, 1.54) is 59.3 Å². The number of Topliss-reactive ketones (excluding diaryl/α,β-unsaturated/α-hetero) is 1. The second kappa shape index (κ2) is 13.8. The van der Waals surface area contributed by atoms with Crippen LogP contribution in [-0.2, 0) is 6.42 Å². The third kappa shape index (κ3) is 5.82. The Morgan fingerprint density at radius 3 is 1.33 bits per heavy atom. The maximum Gasteiger partial charge on any atom is 0.163 e. The highest BCUT2D eigenvalue weighted by Crippen LogP contribution is 2.46. The molecule has 0 N–H and O–H groups in total. The van der Waals surface area contributed by atoms with Crippen LogP contribution >= 0.6 is 15.8 Å². The van der Waals surface area contributed by atoms with Crippen LogP contribution in [0.25, 0.3) is 32.7 Å². The van der Waals surface area contributed by atoms with E-state index in [-0.39, 0.29) is 5.78 Å². The third-order valence-electron chi connectivity index (χ3n) is 10.1. The Morgan fingerprint density at radius 2 is 0.784 bits per heavy atom. The van der Waals surface area contributed by atoms with E-state index in [0.29, 0.717) is 6.42 Å². The topological polar surface area (TPSA) is 17.1 Å². The maximum atomic E-state index is 13.8. The first-order valence-electron chi connectivity index (χ1n) is 17.7. The van der Waals surface area contributed by atoms with Crippen LogP contribution in [0.1, 0.15) is 28.8 Å². The predicted octanol–water partition coefficient (Wildman–Crippen LogP) is 9.70. The summed E-state index contributed by atoms with van der Waals surface area (Å²) in [7, 11) is -1.90. The first kappa shape index (κ1) is 31.8. The van der Waals surface area contributed by atoms with Gasteiger partial charge in [0.25, 0.3) is 0 Å². The largest absolute Gasteiger partial charge is 0.294 e. The molecule has 1 nitrogen and oxygen atoms in total. The first-order valence-corrected chi connectivity index (χ1v) is 20.4. The number of rotatable bonds is 7. The van der Waals surface area contributed by atoms with Crippen molar-refractivity contribution in [3.05, 3.63) is 193 Å². The lowest BCUT2D eigenvalue weighted by Crippen LogP contribution is -2.26. The summed E-state index contributed by atoms with van der Waals surface area (Å²) in [6.45, 7) is 0. The standard InChI is InChI=1S/C48H36OP2/c49-43-27-15-17-35-28-30-42-41(46(35)43)31-33-45(51(38-22-9-3-10-23-38)39-24-11-4-12-25-39)48(42)47-40-26-14-13-16-34(40)29-32-44(47)50(36-18-5-1-6-19-36)37-20-7-2-8-21-37/h1-14,16,18-26,28-33H,15,17,27H2. The SMILES string of the molecule is O=C1CCCc2ccc3c(-c4c(P(c5ccccc5)c5ccccc5)ccc5ccccc45)c(P(c4ccccc4)c4ccccc4)ccc3c21. The van der Waals surface area contributed by atoms with Crippen molar-refractivity contribution in [1.29, 1.82) is 0 Å². The van der Waals surface area contributed by atoms with Crippen LogP contribution < -0.4 is 31.8 Å². The van der Waals surface area contributed by atoms with Gasteiger partial charge in [0.1, 0.15) is 0 Å². The molecule has 0 fully saturated rings. The molecule has 8 aromatic rings. The Morgan fingerprint density at radius 1 is 0.353 bits per heavy atom. The van der Waals surface area contributed by atoms with Gasteiger partial charge in [-0.25, -0.2) is 0 Å². The van der Waals surface area contributed by atoms with E-state index in [9.17, 15) is 4.79 Å². The Labute approximate surface area is 302 Å². The molecular formula is C48H36OP2. The van der Waals surface area contributed by atoms with Gasteiger partial charge in [-0.1, -0.05) is 182 Å². The monoisotopic (exact) mass is 690 g/mol. The van der Waals surface area contributed by atoms with Crippen molar-refractivity contribution < 1.29 is 4.79 Å². The van der Waals surface area contributed by atoms with E-state index in [2.05, 4.69) is 182 Å². The van der Waals surface area contributed by atoms with Gasteiger partial charge < -0.3 is 0 Å². The molecule has 8 aromatic carbocycles. The van der Waals surface area contributed by atoms with Gasteiger partial charge in [0, 0.05) is 12.0 Å². The number of carbonyl (C=O) groups excluding carboxylic acids is 1. The fourth-order valence-electron chi connectivity index (χ4n) is 7.86. The maximum absolute atomic E-state index is 13.8. The molecule has 0 unspecified atom stereocenters. The number of benzene rings is 8. The first-order chi connectivity index (χ1) is 25.3. The summed E-state index contributed by atoms with van der Waals surface area (Å²) in [4.78, 5) is 13.8. The molecule has 0 saturated carbocycles. The molecule has 3 heteroatoms. The fourth-order valence-corrected chi connectivity index (χ4v) is 12.8. The molecule has 9 rings (SSSR count). The van der Waals surface area contributed by atoms with Crippen molar-refractivity contribution in [2.24, 2.45) is 0 Å². The second-order valence-corrected chi connectivity index (χ2v) is 17.5. The highest BCUT2D eigenvalue weighted by atomic mass is 31.1. The fraction of sp³-hybridized carbons (Fsp3) is 0.0625. The smallest absolute Gasteiger partial charge is 0.163 e. The van der Waals surface area contributed by atoms with Crippen molar-refractivity contribution in [1.82, 2.24) is 0 Å². The van der Waals surface area contributed by atoms with Gasteiger partial charge in [0.05, 0.1) is 0 Å². The zero-order valence-corrected chi connectivity index (χ0v) is 30.0. The normalized spacial score (nSPS) is 12.9. The van der Waals surface area contributed by atoms with Gasteiger partial charge in [0.15, 0.2) is 5.78 Å². The molecule has 51 heavy (non-hydrogen) atoms. The quantitative estimate of drug-likeness (QED) is 0.152. The zero-order chi connectivity index (χ0) is 34.1. The van der Waals surface area contributed by atoms with Crippen molar-refractivity contribution in [2.75, 3.05) is 0 Å². The average Bonchev–Trinajstić information content (AvgIpc) is 3.20. The lowest BCUT2D eigenvalue weighted by molar-refractivity contribution is 0.0974. The number of aryl methyl sites for hydroxylation is 1.